The zero-order valence-electron chi connectivity index (χ0n) is 21.5. The van der Waals surface area contributed by atoms with Crippen LogP contribution in [-0.4, -0.2) is 21.4 Å². The first-order valence-corrected chi connectivity index (χ1v) is 13.3. The van der Waals surface area contributed by atoms with Crippen molar-refractivity contribution in [2.24, 2.45) is 0 Å². The first kappa shape index (κ1) is 24.1. The fraction of sp³-hybridized carbons (Fsp3) is 0.212. The molecule has 3 heterocycles. The van der Waals surface area contributed by atoms with Gasteiger partial charge in [0.15, 0.2) is 6.23 Å². The summed E-state index contributed by atoms with van der Waals surface area (Å²) in [5, 5.41) is 5.82. The Hall–Kier alpha value is -4.22. The van der Waals surface area contributed by atoms with Crippen molar-refractivity contribution in [1.82, 2.24) is 14.8 Å². The molecule has 1 radical (unpaired) electrons. The zero-order valence-corrected chi connectivity index (χ0v) is 21.5. The van der Waals surface area contributed by atoms with Crippen LogP contribution in [0.15, 0.2) is 97.3 Å². The van der Waals surface area contributed by atoms with Crippen molar-refractivity contribution in [2.75, 3.05) is 6.61 Å². The maximum absolute atomic E-state index is 6.06. The van der Waals surface area contributed by atoms with E-state index in [0.717, 1.165) is 64.8 Å². The largest absolute Gasteiger partial charge is 0.439 e. The highest BCUT2D eigenvalue weighted by Crippen LogP contribution is 2.37. The first-order valence-electron chi connectivity index (χ1n) is 13.3. The van der Waals surface area contributed by atoms with E-state index in [4.69, 9.17) is 14.6 Å². The average molecular weight is 501 g/mol. The van der Waals surface area contributed by atoms with Crippen LogP contribution in [0.2, 0.25) is 0 Å². The SMILES string of the molecule is CC/C(=C(\c1[c]cccc1)c1ccc2c(cnn2C2CCCCO2)c1)c1cccc(Oc2ccccn2)c1. The third-order valence-electron chi connectivity index (χ3n) is 6.99. The lowest BCUT2D eigenvalue weighted by Gasteiger charge is -2.23. The molecule has 5 heteroatoms. The van der Waals surface area contributed by atoms with Crippen molar-refractivity contribution >= 4 is 22.0 Å². The third-order valence-corrected chi connectivity index (χ3v) is 6.99. The second-order valence-electron chi connectivity index (χ2n) is 9.47. The molecule has 1 aliphatic rings. The Morgan fingerprint density at radius 3 is 2.74 bits per heavy atom. The first-order chi connectivity index (χ1) is 18.8. The van der Waals surface area contributed by atoms with Gasteiger partial charge >= 0.3 is 0 Å². The molecule has 0 saturated carbocycles. The molecule has 1 fully saturated rings. The van der Waals surface area contributed by atoms with Gasteiger partial charge in [0, 0.05) is 24.3 Å². The van der Waals surface area contributed by atoms with Crippen molar-refractivity contribution in [3.8, 4) is 11.6 Å². The van der Waals surface area contributed by atoms with Crippen molar-refractivity contribution in [2.45, 2.75) is 38.8 Å². The van der Waals surface area contributed by atoms with Gasteiger partial charge in [0.2, 0.25) is 5.88 Å². The quantitative estimate of drug-likeness (QED) is 0.212. The van der Waals surface area contributed by atoms with Gasteiger partial charge in [0.05, 0.1) is 11.7 Å². The summed E-state index contributed by atoms with van der Waals surface area (Å²) in [6.45, 7) is 2.99. The minimum atomic E-state index is 0.0117. The Morgan fingerprint density at radius 2 is 1.95 bits per heavy atom. The van der Waals surface area contributed by atoms with E-state index in [0.29, 0.717) is 5.88 Å². The minimum absolute atomic E-state index is 0.0117. The summed E-state index contributed by atoms with van der Waals surface area (Å²) in [4.78, 5) is 4.31. The Balaban J connectivity index is 1.45. The fourth-order valence-corrected chi connectivity index (χ4v) is 5.20. The molecule has 0 N–H and O–H groups in total. The van der Waals surface area contributed by atoms with E-state index in [2.05, 4.69) is 60.4 Å². The summed E-state index contributed by atoms with van der Waals surface area (Å²) in [7, 11) is 0. The predicted molar refractivity (Wildman–Crippen MR) is 151 cm³/mol. The molecule has 38 heavy (non-hydrogen) atoms. The number of hydrogen-bond donors (Lipinski definition) is 0. The number of aromatic nitrogens is 3. The molecule has 2 aromatic heterocycles. The normalized spacial score (nSPS) is 16.3. The standard InChI is InChI=1S/C33H30N3O2/c1-2-29(25-13-10-14-28(22-25)38-31-15-6-8-19-34-31)33(24-11-4-3-5-12-24)26-17-18-30-27(21-26)23-35-36(30)32-16-7-9-20-37-32/h3-6,8,10-11,13-15,17-19,21-23,32H,2,7,9,16,20H2,1H3/b33-29-. The number of fused-ring (bicyclic) bond motifs is 1. The van der Waals surface area contributed by atoms with Gasteiger partial charge < -0.3 is 9.47 Å². The van der Waals surface area contributed by atoms with Crippen LogP contribution in [-0.2, 0) is 4.74 Å². The highest BCUT2D eigenvalue weighted by atomic mass is 16.5. The summed E-state index contributed by atoms with van der Waals surface area (Å²) < 4.78 is 14.1. The van der Waals surface area contributed by atoms with E-state index in [1.165, 1.54) is 12.0 Å². The molecular weight excluding hydrogens is 470 g/mol. The molecule has 189 valence electrons. The molecule has 3 aromatic carbocycles. The minimum Gasteiger partial charge on any atom is -0.439 e. The van der Waals surface area contributed by atoms with Crippen LogP contribution in [0.5, 0.6) is 11.6 Å². The molecule has 0 spiro atoms. The van der Waals surface area contributed by atoms with Gasteiger partial charge in [-0.05, 0) is 89.9 Å². The molecule has 5 aromatic rings. The van der Waals surface area contributed by atoms with Gasteiger partial charge in [-0.3, -0.25) is 0 Å². The van der Waals surface area contributed by atoms with Crippen LogP contribution >= 0.6 is 0 Å². The molecule has 1 atom stereocenters. The maximum atomic E-state index is 6.06. The lowest BCUT2D eigenvalue weighted by Crippen LogP contribution is -2.18. The molecule has 6 rings (SSSR count). The molecule has 0 bridgehead atoms. The number of allylic oxidation sites excluding steroid dienone is 1. The second kappa shape index (κ2) is 11.0. The number of hydrogen-bond acceptors (Lipinski definition) is 4. The smallest absolute Gasteiger partial charge is 0.219 e. The van der Waals surface area contributed by atoms with Crippen LogP contribution in [0.1, 0.15) is 55.5 Å². The number of pyridine rings is 1. The summed E-state index contributed by atoms with van der Waals surface area (Å²) in [5.41, 5.74) is 6.79. The summed E-state index contributed by atoms with van der Waals surface area (Å²) >= 11 is 0. The monoisotopic (exact) mass is 500 g/mol. The number of rotatable bonds is 7. The highest BCUT2D eigenvalue weighted by molar-refractivity contribution is 6.00. The third kappa shape index (κ3) is 4.98. The van der Waals surface area contributed by atoms with Gasteiger partial charge in [-0.15, -0.1) is 0 Å². The van der Waals surface area contributed by atoms with Crippen molar-refractivity contribution < 1.29 is 9.47 Å². The average Bonchev–Trinajstić information content (AvgIpc) is 3.41. The summed E-state index contributed by atoms with van der Waals surface area (Å²) in [5.74, 6) is 1.33. The summed E-state index contributed by atoms with van der Waals surface area (Å²) in [6, 6.07) is 32.2. The van der Waals surface area contributed by atoms with E-state index >= 15 is 0 Å². The van der Waals surface area contributed by atoms with Crippen LogP contribution in [0.3, 0.4) is 0 Å². The van der Waals surface area contributed by atoms with Gasteiger partial charge in [-0.2, -0.15) is 5.10 Å². The van der Waals surface area contributed by atoms with Crippen LogP contribution in [0, 0.1) is 6.07 Å². The van der Waals surface area contributed by atoms with E-state index in [9.17, 15) is 0 Å². The second-order valence-corrected chi connectivity index (χ2v) is 9.47. The fourth-order valence-electron chi connectivity index (χ4n) is 5.20. The molecule has 0 amide bonds. The van der Waals surface area contributed by atoms with E-state index in [-0.39, 0.29) is 6.23 Å². The molecule has 1 unspecified atom stereocenters. The molecule has 0 aliphatic carbocycles. The van der Waals surface area contributed by atoms with Crippen LogP contribution in [0.4, 0.5) is 0 Å². The number of benzene rings is 3. The van der Waals surface area contributed by atoms with Crippen LogP contribution in [0.25, 0.3) is 22.0 Å². The molecular formula is C33H30N3O2. The molecule has 1 aliphatic heterocycles. The van der Waals surface area contributed by atoms with Gasteiger partial charge in [-0.1, -0.05) is 55.5 Å². The topological polar surface area (TPSA) is 49.2 Å². The van der Waals surface area contributed by atoms with E-state index in [1.54, 1.807) is 6.20 Å². The maximum Gasteiger partial charge on any atom is 0.219 e. The Bertz CT molecular complexity index is 1550. The van der Waals surface area contributed by atoms with Gasteiger partial charge in [0.25, 0.3) is 0 Å². The zero-order chi connectivity index (χ0) is 25.7. The number of ether oxygens (including phenoxy) is 2. The van der Waals surface area contributed by atoms with E-state index < -0.39 is 0 Å². The molecule has 5 nitrogen and oxygen atoms in total. The molecule has 1 saturated heterocycles. The van der Waals surface area contributed by atoms with E-state index in [1.807, 2.05) is 53.3 Å². The van der Waals surface area contributed by atoms with Crippen molar-refractivity contribution in [1.29, 1.82) is 0 Å². The number of nitrogens with zero attached hydrogens (tertiary/aromatic N) is 3. The Labute approximate surface area is 223 Å². The predicted octanol–water partition coefficient (Wildman–Crippen LogP) is 8.09. The Morgan fingerprint density at radius 1 is 1.00 bits per heavy atom. The van der Waals surface area contributed by atoms with Gasteiger partial charge in [0.1, 0.15) is 5.75 Å². The van der Waals surface area contributed by atoms with Crippen molar-refractivity contribution in [3.63, 3.8) is 0 Å². The van der Waals surface area contributed by atoms with Crippen molar-refractivity contribution in [3.05, 3.63) is 120 Å². The highest BCUT2D eigenvalue weighted by Gasteiger charge is 2.20. The van der Waals surface area contributed by atoms with Crippen LogP contribution < -0.4 is 4.74 Å². The lowest BCUT2D eigenvalue weighted by molar-refractivity contribution is -0.0366. The van der Waals surface area contributed by atoms with Gasteiger partial charge in [-0.25, -0.2) is 9.67 Å². The summed E-state index contributed by atoms with van der Waals surface area (Å²) in [6.07, 6.45) is 7.84. The lowest BCUT2D eigenvalue weighted by atomic mass is 9.88. The Kier molecular flexibility index (Phi) is 7.01.